The molecular formula is C65H116O6. The van der Waals surface area contributed by atoms with Gasteiger partial charge in [0.15, 0.2) is 6.10 Å². The van der Waals surface area contributed by atoms with E-state index in [4.69, 9.17) is 14.2 Å². The van der Waals surface area contributed by atoms with Gasteiger partial charge < -0.3 is 14.2 Å². The zero-order chi connectivity index (χ0) is 51.4. The van der Waals surface area contributed by atoms with Crippen molar-refractivity contribution in [3.05, 3.63) is 60.8 Å². The van der Waals surface area contributed by atoms with Gasteiger partial charge in [-0.1, -0.05) is 300 Å². The van der Waals surface area contributed by atoms with Crippen molar-refractivity contribution in [2.75, 3.05) is 13.2 Å². The quantitative estimate of drug-likeness (QED) is 0.0261. The maximum atomic E-state index is 12.7. The van der Waals surface area contributed by atoms with Gasteiger partial charge in [-0.3, -0.25) is 14.4 Å². The van der Waals surface area contributed by atoms with Gasteiger partial charge >= 0.3 is 17.9 Å². The van der Waals surface area contributed by atoms with Crippen molar-refractivity contribution < 1.29 is 28.6 Å². The molecule has 6 nitrogen and oxygen atoms in total. The summed E-state index contributed by atoms with van der Waals surface area (Å²) in [7, 11) is 0. The molecule has 0 N–H and O–H groups in total. The Balaban J connectivity index is 3.97. The second-order valence-electron chi connectivity index (χ2n) is 20.6. The number of hydrogen-bond acceptors (Lipinski definition) is 6. The monoisotopic (exact) mass is 993 g/mol. The SMILES string of the molecule is CC/C=C\C/C=C\C/C=C\C/C=C\C/C=C\CCCC(=O)OC(COC(=O)CCCCCCC)COC(=O)CCCCCCCCCCCCCCCCCCCCCCCCCCCCCCCCC. The highest BCUT2D eigenvalue weighted by atomic mass is 16.6. The molecule has 0 aliphatic carbocycles. The van der Waals surface area contributed by atoms with Crippen LogP contribution in [0.15, 0.2) is 60.8 Å². The summed E-state index contributed by atoms with van der Waals surface area (Å²) < 4.78 is 16.7. The lowest BCUT2D eigenvalue weighted by atomic mass is 10.0. The van der Waals surface area contributed by atoms with Crippen molar-refractivity contribution in [2.24, 2.45) is 0 Å². The van der Waals surface area contributed by atoms with Crippen LogP contribution in [0.1, 0.15) is 316 Å². The molecule has 0 aliphatic rings. The molecule has 0 amide bonds. The minimum atomic E-state index is -0.799. The highest BCUT2D eigenvalue weighted by molar-refractivity contribution is 5.71. The minimum Gasteiger partial charge on any atom is -0.462 e. The molecular weight excluding hydrogens is 877 g/mol. The summed E-state index contributed by atoms with van der Waals surface area (Å²) in [6, 6.07) is 0. The highest BCUT2D eigenvalue weighted by Gasteiger charge is 2.19. The molecule has 412 valence electrons. The van der Waals surface area contributed by atoms with Gasteiger partial charge in [-0.25, -0.2) is 0 Å². The molecule has 0 aromatic rings. The van der Waals surface area contributed by atoms with Crippen molar-refractivity contribution in [3.8, 4) is 0 Å². The summed E-state index contributed by atoms with van der Waals surface area (Å²) in [6.07, 6.45) is 75.9. The van der Waals surface area contributed by atoms with E-state index < -0.39 is 6.10 Å². The first-order chi connectivity index (χ1) is 35.0. The Morgan fingerprint density at radius 3 is 0.845 bits per heavy atom. The van der Waals surface area contributed by atoms with Crippen molar-refractivity contribution in [1.82, 2.24) is 0 Å². The average Bonchev–Trinajstić information content (AvgIpc) is 3.37. The molecule has 0 bridgehead atoms. The molecule has 71 heavy (non-hydrogen) atoms. The largest absolute Gasteiger partial charge is 0.462 e. The van der Waals surface area contributed by atoms with Crippen LogP contribution in [0.3, 0.4) is 0 Å². The Morgan fingerprint density at radius 1 is 0.296 bits per heavy atom. The standard InChI is InChI=1S/C65H116O6/c1-4-7-10-13-15-17-19-21-23-25-26-27-28-29-30-31-32-33-34-35-36-37-38-40-41-43-45-47-49-52-55-58-64(67)70-61-62(60-69-63(66)57-54-51-12-9-6-3)71-65(68)59-56-53-50-48-46-44-42-39-24-22-20-18-16-14-11-8-5-2/h8,11,16,18,22,24,42,44,48,50,62H,4-7,9-10,12-15,17,19-21,23,25-41,43,45-47,49,51-61H2,1-3H3/b11-8-,18-16-,24-22-,44-42-,50-48-. The van der Waals surface area contributed by atoms with Crippen LogP contribution in [0.25, 0.3) is 0 Å². The van der Waals surface area contributed by atoms with E-state index in [-0.39, 0.29) is 37.5 Å². The molecule has 1 unspecified atom stereocenters. The lowest BCUT2D eigenvalue weighted by Gasteiger charge is -2.18. The smallest absolute Gasteiger partial charge is 0.306 e. The zero-order valence-electron chi connectivity index (χ0n) is 47.2. The molecule has 0 saturated carbocycles. The fraction of sp³-hybridized carbons (Fsp3) is 0.800. The van der Waals surface area contributed by atoms with Crippen LogP contribution in [0.4, 0.5) is 0 Å². The Bertz CT molecular complexity index is 1280. The van der Waals surface area contributed by atoms with Crippen LogP contribution in [0.2, 0.25) is 0 Å². The molecule has 0 aromatic heterocycles. The van der Waals surface area contributed by atoms with E-state index >= 15 is 0 Å². The van der Waals surface area contributed by atoms with Crippen molar-refractivity contribution >= 4 is 17.9 Å². The molecule has 1 atom stereocenters. The summed E-state index contributed by atoms with van der Waals surface area (Å²) >= 11 is 0. The highest BCUT2D eigenvalue weighted by Crippen LogP contribution is 2.18. The molecule has 0 fully saturated rings. The van der Waals surface area contributed by atoms with Gasteiger partial charge in [0, 0.05) is 19.3 Å². The third-order valence-electron chi connectivity index (χ3n) is 13.5. The van der Waals surface area contributed by atoms with Crippen LogP contribution in [-0.2, 0) is 28.6 Å². The second-order valence-corrected chi connectivity index (χ2v) is 20.6. The summed E-state index contributed by atoms with van der Waals surface area (Å²) in [5.74, 6) is -0.958. The zero-order valence-corrected chi connectivity index (χ0v) is 47.2. The van der Waals surface area contributed by atoms with Gasteiger partial charge in [-0.05, 0) is 57.8 Å². The normalized spacial score (nSPS) is 12.4. The van der Waals surface area contributed by atoms with Crippen LogP contribution in [-0.4, -0.2) is 37.2 Å². The molecule has 0 aromatic carbocycles. The fourth-order valence-electron chi connectivity index (χ4n) is 8.95. The molecule has 0 saturated heterocycles. The number of esters is 3. The fourth-order valence-corrected chi connectivity index (χ4v) is 8.95. The van der Waals surface area contributed by atoms with E-state index in [0.717, 1.165) is 83.5 Å². The Labute approximate surface area is 440 Å². The van der Waals surface area contributed by atoms with Gasteiger partial charge in [-0.2, -0.15) is 0 Å². The number of ether oxygens (including phenoxy) is 3. The van der Waals surface area contributed by atoms with Gasteiger partial charge in [0.05, 0.1) is 0 Å². The third-order valence-corrected chi connectivity index (χ3v) is 13.5. The minimum absolute atomic E-state index is 0.0945. The van der Waals surface area contributed by atoms with Crippen molar-refractivity contribution in [3.63, 3.8) is 0 Å². The number of carbonyl (C=O) groups is 3. The number of unbranched alkanes of at least 4 members (excludes halogenated alkanes) is 35. The van der Waals surface area contributed by atoms with E-state index in [1.165, 1.54) is 186 Å². The average molecular weight is 994 g/mol. The number of carbonyl (C=O) groups excluding carboxylic acids is 3. The van der Waals surface area contributed by atoms with Crippen LogP contribution in [0, 0.1) is 0 Å². The van der Waals surface area contributed by atoms with Crippen LogP contribution < -0.4 is 0 Å². The topological polar surface area (TPSA) is 78.9 Å². The number of allylic oxidation sites excluding steroid dienone is 10. The van der Waals surface area contributed by atoms with Gasteiger partial charge in [-0.15, -0.1) is 0 Å². The predicted molar refractivity (Wildman–Crippen MR) is 307 cm³/mol. The molecule has 0 rings (SSSR count). The molecule has 0 aliphatic heterocycles. The molecule has 0 radical (unpaired) electrons. The van der Waals surface area contributed by atoms with E-state index in [2.05, 4.69) is 81.5 Å². The van der Waals surface area contributed by atoms with Crippen LogP contribution >= 0.6 is 0 Å². The van der Waals surface area contributed by atoms with E-state index in [9.17, 15) is 14.4 Å². The van der Waals surface area contributed by atoms with Gasteiger partial charge in [0.1, 0.15) is 13.2 Å². The Kier molecular flexibility index (Phi) is 57.2. The summed E-state index contributed by atoms with van der Waals surface area (Å²) in [4.78, 5) is 37.8. The lowest BCUT2D eigenvalue weighted by molar-refractivity contribution is -0.167. The molecule has 6 heteroatoms. The van der Waals surface area contributed by atoms with Crippen molar-refractivity contribution in [2.45, 2.75) is 322 Å². The second kappa shape index (κ2) is 59.7. The van der Waals surface area contributed by atoms with Crippen LogP contribution in [0.5, 0.6) is 0 Å². The molecule has 0 spiro atoms. The maximum absolute atomic E-state index is 12.7. The third kappa shape index (κ3) is 57.9. The summed E-state index contributed by atoms with van der Waals surface area (Å²) in [5.41, 5.74) is 0. The van der Waals surface area contributed by atoms with Gasteiger partial charge in [0.25, 0.3) is 0 Å². The first-order valence-electron chi connectivity index (χ1n) is 30.8. The lowest BCUT2D eigenvalue weighted by Crippen LogP contribution is -2.30. The maximum Gasteiger partial charge on any atom is 0.306 e. The van der Waals surface area contributed by atoms with Gasteiger partial charge in [0.2, 0.25) is 0 Å². The van der Waals surface area contributed by atoms with E-state index in [0.29, 0.717) is 19.3 Å². The molecule has 0 heterocycles. The Hall–Kier alpha value is -2.89. The van der Waals surface area contributed by atoms with Crippen molar-refractivity contribution in [1.29, 1.82) is 0 Å². The summed E-state index contributed by atoms with van der Waals surface area (Å²) in [5, 5.41) is 0. The number of hydrogen-bond donors (Lipinski definition) is 0. The first kappa shape index (κ1) is 68.1. The number of rotatable bonds is 56. The first-order valence-corrected chi connectivity index (χ1v) is 30.8. The van der Waals surface area contributed by atoms with E-state index in [1.807, 2.05) is 0 Å². The Morgan fingerprint density at radius 2 is 0.549 bits per heavy atom. The van der Waals surface area contributed by atoms with E-state index in [1.54, 1.807) is 0 Å². The summed E-state index contributed by atoms with van der Waals surface area (Å²) in [6.45, 7) is 6.42. The predicted octanol–water partition coefficient (Wildman–Crippen LogP) is 20.8.